The van der Waals surface area contributed by atoms with Gasteiger partial charge in [-0.3, -0.25) is 9.29 Å². The van der Waals surface area contributed by atoms with Gasteiger partial charge in [-0.1, -0.05) is 18.2 Å². The fraction of sp³-hybridized carbons (Fsp3) is 0.379. The molecule has 0 radical (unpaired) electrons. The molecule has 0 saturated carbocycles. The van der Waals surface area contributed by atoms with Crippen LogP contribution < -0.4 is 9.47 Å². The third-order valence-corrected chi connectivity index (χ3v) is 7.09. The Morgan fingerprint density at radius 3 is 2.47 bits per heavy atom. The molecule has 1 fully saturated rings. The number of nitrogens with zero attached hydrogens (tertiary/aromatic N) is 1. The third-order valence-electron chi connectivity index (χ3n) is 7.09. The summed E-state index contributed by atoms with van der Waals surface area (Å²) in [6, 6.07) is 12.5. The fourth-order valence-corrected chi connectivity index (χ4v) is 5.15. The lowest BCUT2D eigenvalue weighted by Crippen LogP contribution is -2.49. The summed E-state index contributed by atoms with van der Waals surface area (Å²) in [6.07, 6.45) is -1.76. The van der Waals surface area contributed by atoms with Crippen LogP contribution in [0.1, 0.15) is 37.0 Å². The van der Waals surface area contributed by atoms with Crippen LogP contribution in [0.5, 0.6) is 17.2 Å². The molecule has 0 bridgehead atoms. The zero-order chi connectivity index (χ0) is 26.9. The quantitative estimate of drug-likeness (QED) is 0.384. The summed E-state index contributed by atoms with van der Waals surface area (Å²) in [5, 5.41) is 10.1. The molecular formula is C29H29F4NO4. The maximum atomic E-state index is 12.7. The number of hydrogen-bond acceptors (Lipinski definition) is 5. The first-order valence-electron chi connectivity index (χ1n) is 12.6. The number of fused-ring (bicyclic) bond motifs is 1. The molecule has 1 saturated heterocycles. The van der Waals surface area contributed by atoms with Gasteiger partial charge in [-0.25, -0.2) is 0 Å². The summed E-state index contributed by atoms with van der Waals surface area (Å²) in [7, 11) is 0. The second-order valence-corrected chi connectivity index (χ2v) is 9.79. The van der Waals surface area contributed by atoms with E-state index in [2.05, 4.69) is 9.64 Å². The van der Waals surface area contributed by atoms with Crippen molar-refractivity contribution in [2.24, 2.45) is 5.92 Å². The summed E-state index contributed by atoms with van der Waals surface area (Å²) in [5.41, 5.74) is 4.17. The normalized spacial score (nSPS) is 20.2. The number of allylic oxidation sites excluding steroid dienone is 4. The summed E-state index contributed by atoms with van der Waals surface area (Å²) < 4.78 is 67.0. The average Bonchev–Trinajstić information content (AvgIpc) is 2.86. The zero-order valence-electron chi connectivity index (χ0n) is 20.9. The highest BCUT2D eigenvalue weighted by molar-refractivity contribution is 5.79. The number of alkyl halides is 4. The summed E-state index contributed by atoms with van der Waals surface area (Å²) in [5.74, 6) is 1.42. The lowest BCUT2D eigenvalue weighted by atomic mass is 9.83. The Hall–Kier alpha value is -3.46. The van der Waals surface area contributed by atoms with Crippen LogP contribution in [0, 0.1) is 5.92 Å². The van der Waals surface area contributed by atoms with Gasteiger partial charge in [0.25, 0.3) is 0 Å². The van der Waals surface area contributed by atoms with E-state index in [0.29, 0.717) is 24.5 Å². The minimum Gasteiger partial charge on any atom is -0.508 e. The molecule has 2 aromatic carbocycles. The van der Waals surface area contributed by atoms with Crippen molar-refractivity contribution in [1.82, 2.24) is 4.90 Å². The number of phenolic OH excluding ortho intramolecular Hbond substituents is 1. The van der Waals surface area contributed by atoms with Crippen molar-refractivity contribution in [3.8, 4) is 17.2 Å². The zero-order valence-corrected chi connectivity index (χ0v) is 20.9. The molecule has 1 aliphatic carbocycles. The Kier molecular flexibility index (Phi) is 7.38. The summed E-state index contributed by atoms with van der Waals surface area (Å²) >= 11 is 0. The predicted octanol–water partition coefficient (Wildman–Crippen LogP) is 6.72. The first-order chi connectivity index (χ1) is 18.2. The highest BCUT2D eigenvalue weighted by Crippen LogP contribution is 2.47. The molecule has 1 N–H and O–H groups in total. The van der Waals surface area contributed by atoms with Crippen molar-refractivity contribution in [1.29, 1.82) is 0 Å². The minimum atomic E-state index is -4.73. The van der Waals surface area contributed by atoms with Crippen LogP contribution in [0.2, 0.25) is 0 Å². The topological polar surface area (TPSA) is 51.2 Å². The molecule has 2 heterocycles. The van der Waals surface area contributed by atoms with Gasteiger partial charge in [0, 0.05) is 43.1 Å². The van der Waals surface area contributed by atoms with E-state index in [1.165, 1.54) is 6.08 Å². The van der Waals surface area contributed by atoms with Crippen molar-refractivity contribution in [2.75, 3.05) is 32.9 Å². The molecule has 2 aromatic rings. The highest BCUT2D eigenvalue weighted by atomic mass is 19.4. The van der Waals surface area contributed by atoms with Gasteiger partial charge in [0.1, 0.15) is 35.7 Å². The number of benzene rings is 2. The number of hydrogen-bond donors (Lipinski definition) is 1. The standard InChI is InChI=1S/C29H29F4NO4/c1-18-25-14-22(35)6-11-26(25)37-28(27(18)20-2-9-24(10-3-20)38-29(31,32)33)21-4-7-23(8-5-21)36-13-12-34-16-19(15-30)17-34/h2,4-9,11,14,19,28,35H,3,10,12-13,15-17H2,1H3. The van der Waals surface area contributed by atoms with Gasteiger partial charge in [-0.2, -0.15) is 0 Å². The second kappa shape index (κ2) is 10.7. The van der Waals surface area contributed by atoms with Crippen LogP contribution in [0.15, 0.2) is 71.5 Å². The Labute approximate surface area is 218 Å². The van der Waals surface area contributed by atoms with Crippen molar-refractivity contribution < 1.29 is 36.9 Å². The Balaban J connectivity index is 1.37. The van der Waals surface area contributed by atoms with E-state index in [-0.39, 0.29) is 30.5 Å². The van der Waals surface area contributed by atoms with E-state index in [4.69, 9.17) is 9.47 Å². The molecule has 5 nitrogen and oxygen atoms in total. The van der Waals surface area contributed by atoms with Gasteiger partial charge in [0.15, 0.2) is 0 Å². The predicted molar refractivity (Wildman–Crippen MR) is 134 cm³/mol. The lowest BCUT2D eigenvalue weighted by Gasteiger charge is -2.37. The van der Waals surface area contributed by atoms with Crippen LogP contribution >= 0.6 is 0 Å². The largest absolute Gasteiger partial charge is 0.572 e. The molecule has 202 valence electrons. The lowest BCUT2D eigenvalue weighted by molar-refractivity contribution is -0.306. The van der Waals surface area contributed by atoms with Crippen LogP contribution in [-0.4, -0.2) is 49.3 Å². The first-order valence-corrected chi connectivity index (χ1v) is 12.6. The molecule has 5 rings (SSSR count). The Morgan fingerprint density at radius 1 is 1.05 bits per heavy atom. The summed E-state index contributed by atoms with van der Waals surface area (Å²) in [6.45, 7) is 4.42. The number of rotatable bonds is 8. The van der Waals surface area contributed by atoms with Gasteiger partial charge in [0.05, 0.1) is 6.67 Å². The molecule has 1 atom stereocenters. The molecule has 38 heavy (non-hydrogen) atoms. The van der Waals surface area contributed by atoms with Crippen molar-refractivity contribution >= 4 is 5.57 Å². The van der Waals surface area contributed by atoms with Gasteiger partial charge in [0.2, 0.25) is 0 Å². The van der Waals surface area contributed by atoms with E-state index in [1.807, 2.05) is 31.2 Å². The van der Waals surface area contributed by atoms with Crippen molar-refractivity contribution in [3.63, 3.8) is 0 Å². The molecule has 2 aliphatic heterocycles. The van der Waals surface area contributed by atoms with Crippen LogP contribution in [0.3, 0.4) is 0 Å². The number of aromatic hydroxyl groups is 1. The molecule has 1 unspecified atom stereocenters. The Bertz CT molecular complexity index is 1260. The minimum absolute atomic E-state index is 0.0998. The van der Waals surface area contributed by atoms with Crippen LogP contribution in [-0.2, 0) is 4.74 Å². The first kappa shape index (κ1) is 26.2. The fourth-order valence-electron chi connectivity index (χ4n) is 5.15. The van der Waals surface area contributed by atoms with Gasteiger partial charge < -0.3 is 19.3 Å². The van der Waals surface area contributed by atoms with Gasteiger partial charge in [-0.15, -0.1) is 13.2 Å². The van der Waals surface area contributed by atoms with E-state index in [0.717, 1.165) is 47.5 Å². The number of ether oxygens (including phenoxy) is 3. The maximum absolute atomic E-state index is 12.7. The van der Waals surface area contributed by atoms with Crippen LogP contribution in [0.4, 0.5) is 17.6 Å². The number of likely N-dealkylation sites (tertiary alicyclic amines) is 1. The SMILES string of the molecule is CC1=C(C2=CC=C(OC(F)(F)F)CC2)C(c2ccc(OCCN3CC(CF)C3)cc2)Oc2ccc(O)cc21. The smallest absolute Gasteiger partial charge is 0.508 e. The van der Waals surface area contributed by atoms with E-state index in [1.54, 1.807) is 24.3 Å². The van der Waals surface area contributed by atoms with Crippen molar-refractivity contribution in [2.45, 2.75) is 32.2 Å². The monoisotopic (exact) mass is 531 g/mol. The molecule has 9 heteroatoms. The highest BCUT2D eigenvalue weighted by Gasteiger charge is 2.34. The van der Waals surface area contributed by atoms with E-state index < -0.39 is 12.5 Å². The molecule has 0 aromatic heterocycles. The van der Waals surface area contributed by atoms with E-state index in [9.17, 15) is 22.7 Å². The molecular weight excluding hydrogens is 502 g/mol. The van der Waals surface area contributed by atoms with Crippen LogP contribution in [0.25, 0.3) is 5.57 Å². The average molecular weight is 532 g/mol. The van der Waals surface area contributed by atoms with E-state index >= 15 is 0 Å². The number of halogens is 4. The number of phenols is 1. The third kappa shape index (κ3) is 5.83. The molecule has 3 aliphatic rings. The molecule has 0 amide bonds. The van der Waals surface area contributed by atoms with Gasteiger partial charge >= 0.3 is 6.36 Å². The molecule has 0 spiro atoms. The van der Waals surface area contributed by atoms with Crippen molar-refractivity contribution in [3.05, 3.63) is 82.6 Å². The summed E-state index contributed by atoms with van der Waals surface area (Å²) in [4.78, 5) is 2.15. The van der Waals surface area contributed by atoms with Gasteiger partial charge in [-0.05, 0) is 66.5 Å². The second-order valence-electron chi connectivity index (χ2n) is 9.79. The maximum Gasteiger partial charge on any atom is 0.572 e. The Morgan fingerprint density at radius 2 is 1.82 bits per heavy atom.